The van der Waals surface area contributed by atoms with Gasteiger partial charge >= 0.3 is 0 Å². The second kappa shape index (κ2) is 8.42. The Labute approximate surface area is 166 Å². The van der Waals surface area contributed by atoms with Gasteiger partial charge in [-0.05, 0) is 42.4 Å². The first-order chi connectivity index (χ1) is 13.7. The van der Waals surface area contributed by atoms with Crippen molar-refractivity contribution in [1.29, 1.82) is 0 Å². The molecule has 1 amide bonds. The van der Waals surface area contributed by atoms with Gasteiger partial charge in [0.15, 0.2) is 0 Å². The molecule has 0 N–H and O–H groups in total. The summed E-state index contributed by atoms with van der Waals surface area (Å²) in [4.78, 5) is 19.0. The van der Waals surface area contributed by atoms with E-state index in [1.165, 1.54) is 11.1 Å². The number of carbonyl (C=O) groups excluding carboxylic acids is 1. The minimum absolute atomic E-state index is 0.240. The van der Waals surface area contributed by atoms with Crippen LogP contribution in [0.3, 0.4) is 0 Å². The summed E-state index contributed by atoms with van der Waals surface area (Å²) in [5.41, 5.74) is 3.48. The summed E-state index contributed by atoms with van der Waals surface area (Å²) >= 11 is 0. The maximum atomic E-state index is 12.7. The van der Waals surface area contributed by atoms with Crippen molar-refractivity contribution < 1.29 is 4.79 Å². The van der Waals surface area contributed by atoms with Crippen molar-refractivity contribution in [3.8, 4) is 11.1 Å². The van der Waals surface area contributed by atoms with Crippen molar-refractivity contribution in [3.05, 3.63) is 78.4 Å². The van der Waals surface area contributed by atoms with Crippen LogP contribution >= 0.6 is 0 Å². The van der Waals surface area contributed by atoms with Crippen LogP contribution in [0, 0.1) is 12.8 Å². The maximum absolute atomic E-state index is 12.7. The third kappa shape index (κ3) is 4.33. The fourth-order valence-corrected chi connectivity index (χ4v) is 3.97. The predicted octanol–water partition coefficient (Wildman–Crippen LogP) is 4.34. The van der Waals surface area contributed by atoms with Crippen molar-refractivity contribution in [2.45, 2.75) is 32.7 Å². The number of piperidine rings is 1. The summed E-state index contributed by atoms with van der Waals surface area (Å²) in [6, 6.07) is 18.7. The number of carbonyl (C=O) groups is 1. The Kier molecular flexibility index (Phi) is 5.56. The molecule has 4 rings (SSSR count). The van der Waals surface area contributed by atoms with Gasteiger partial charge in [0.2, 0.25) is 5.91 Å². The number of likely N-dealkylation sites (tertiary alicyclic amines) is 1. The topological polar surface area (TPSA) is 38.1 Å². The van der Waals surface area contributed by atoms with Gasteiger partial charge in [0, 0.05) is 32.0 Å². The van der Waals surface area contributed by atoms with Gasteiger partial charge in [-0.25, -0.2) is 4.98 Å². The van der Waals surface area contributed by atoms with Crippen molar-refractivity contribution >= 4 is 5.91 Å². The van der Waals surface area contributed by atoms with E-state index >= 15 is 0 Å². The quantitative estimate of drug-likeness (QED) is 0.667. The fraction of sp³-hybridized carbons (Fsp3) is 0.333. The van der Waals surface area contributed by atoms with Gasteiger partial charge in [0.1, 0.15) is 5.82 Å². The molecule has 2 aromatic carbocycles. The van der Waals surface area contributed by atoms with E-state index < -0.39 is 0 Å². The van der Waals surface area contributed by atoms with E-state index in [1.54, 1.807) is 0 Å². The van der Waals surface area contributed by atoms with E-state index in [-0.39, 0.29) is 5.91 Å². The van der Waals surface area contributed by atoms with Crippen molar-refractivity contribution in [3.63, 3.8) is 0 Å². The minimum Gasteiger partial charge on any atom is -0.342 e. The number of aromatic nitrogens is 2. The standard InChI is InChI=1S/C24H27N3O/c1-19-25-13-16-27(19)18-21-11-14-26(15-12-21)24(28)17-20-7-9-23(10-8-20)22-5-3-2-4-6-22/h2-10,13,16,21H,11-12,14-15,17-18H2,1H3. The Morgan fingerprint density at radius 1 is 1.00 bits per heavy atom. The lowest BCUT2D eigenvalue weighted by atomic mass is 9.96. The number of benzene rings is 2. The molecule has 1 aliphatic rings. The Hall–Kier alpha value is -2.88. The summed E-state index contributed by atoms with van der Waals surface area (Å²) in [7, 11) is 0. The molecule has 144 valence electrons. The molecular formula is C24H27N3O. The Morgan fingerprint density at radius 3 is 2.32 bits per heavy atom. The largest absolute Gasteiger partial charge is 0.342 e. The highest BCUT2D eigenvalue weighted by Gasteiger charge is 2.23. The third-order valence-corrected chi connectivity index (χ3v) is 5.76. The van der Waals surface area contributed by atoms with Gasteiger partial charge in [-0.3, -0.25) is 4.79 Å². The number of amides is 1. The van der Waals surface area contributed by atoms with Gasteiger partial charge < -0.3 is 9.47 Å². The zero-order valence-electron chi connectivity index (χ0n) is 16.4. The average Bonchev–Trinajstić information content (AvgIpc) is 3.14. The number of nitrogens with zero attached hydrogens (tertiary/aromatic N) is 3. The first-order valence-corrected chi connectivity index (χ1v) is 10.1. The Morgan fingerprint density at radius 2 is 1.68 bits per heavy atom. The molecule has 1 aromatic heterocycles. The number of hydrogen-bond donors (Lipinski definition) is 0. The fourth-order valence-electron chi connectivity index (χ4n) is 3.97. The number of hydrogen-bond acceptors (Lipinski definition) is 2. The second-order valence-electron chi connectivity index (χ2n) is 7.69. The summed E-state index contributed by atoms with van der Waals surface area (Å²) in [5.74, 6) is 1.93. The average molecular weight is 374 g/mol. The zero-order valence-corrected chi connectivity index (χ0v) is 16.4. The first-order valence-electron chi connectivity index (χ1n) is 10.1. The highest BCUT2D eigenvalue weighted by Crippen LogP contribution is 2.22. The SMILES string of the molecule is Cc1nccn1CC1CCN(C(=O)Cc2ccc(-c3ccccc3)cc2)CC1. The molecule has 0 bridgehead atoms. The Bertz CT molecular complexity index is 907. The molecule has 1 saturated heterocycles. The third-order valence-electron chi connectivity index (χ3n) is 5.76. The molecule has 0 aliphatic carbocycles. The highest BCUT2D eigenvalue weighted by atomic mass is 16.2. The summed E-state index contributed by atoms with van der Waals surface area (Å²) < 4.78 is 2.22. The van der Waals surface area contributed by atoms with Crippen molar-refractivity contribution in [1.82, 2.24) is 14.5 Å². The molecule has 0 unspecified atom stereocenters. The van der Waals surface area contributed by atoms with Crippen LogP contribution in [-0.2, 0) is 17.8 Å². The van der Waals surface area contributed by atoms with Crippen molar-refractivity contribution in [2.75, 3.05) is 13.1 Å². The Balaban J connectivity index is 1.29. The zero-order chi connectivity index (χ0) is 19.3. The summed E-state index contributed by atoms with van der Waals surface area (Å²) in [5, 5.41) is 0. The van der Waals surface area contributed by atoms with Crippen LogP contribution < -0.4 is 0 Å². The van der Waals surface area contributed by atoms with Gasteiger partial charge in [-0.2, -0.15) is 0 Å². The molecule has 4 nitrogen and oxygen atoms in total. The molecular weight excluding hydrogens is 346 g/mol. The normalized spacial score (nSPS) is 15.0. The van der Waals surface area contributed by atoms with Gasteiger partial charge in [0.25, 0.3) is 0 Å². The van der Waals surface area contributed by atoms with E-state index in [0.29, 0.717) is 12.3 Å². The monoisotopic (exact) mass is 373 g/mol. The molecule has 4 heteroatoms. The van der Waals surface area contributed by atoms with Crippen LogP contribution in [-0.4, -0.2) is 33.4 Å². The molecule has 28 heavy (non-hydrogen) atoms. The highest BCUT2D eigenvalue weighted by molar-refractivity contribution is 5.79. The van der Waals surface area contributed by atoms with Crippen LogP contribution in [0.5, 0.6) is 0 Å². The van der Waals surface area contributed by atoms with E-state index in [1.807, 2.05) is 42.4 Å². The van der Waals surface area contributed by atoms with Crippen LogP contribution in [0.2, 0.25) is 0 Å². The number of imidazole rings is 1. The van der Waals surface area contributed by atoms with Crippen LogP contribution in [0.1, 0.15) is 24.2 Å². The predicted molar refractivity (Wildman–Crippen MR) is 112 cm³/mol. The molecule has 1 aliphatic heterocycles. The van der Waals surface area contributed by atoms with E-state index in [9.17, 15) is 4.79 Å². The van der Waals surface area contributed by atoms with E-state index in [4.69, 9.17) is 0 Å². The molecule has 2 heterocycles. The van der Waals surface area contributed by atoms with Crippen LogP contribution in [0.4, 0.5) is 0 Å². The summed E-state index contributed by atoms with van der Waals surface area (Å²) in [6.45, 7) is 4.77. The smallest absolute Gasteiger partial charge is 0.226 e. The maximum Gasteiger partial charge on any atom is 0.226 e. The van der Waals surface area contributed by atoms with Gasteiger partial charge in [0.05, 0.1) is 6.42 Å². The summed E-state index contributed by atoms with van der Waals surface area (Å²) in [6.07, 6.45) is 6.52. The molecule has 0 spiro atoms. The van der Waals surface area contributed by atoms with E-state index in [0.717, 1.165) is 43.9 Å². The molecule has 0 radical (unpaired) electrons. The lowest BCUT2D eigenvalue weighted by Crippen LogP contribution is -2.40. The molecule has 3 aromatic rings. The number of rotatable bonds is 5. The van der Waals surface area contributed by atoms with Gasteiger partial charge in [-0.15, -0.1) is 0 Å². The first kappa shape index (κ1) is 18.5. The second-order valence-corrected chi connectivity index (χ2v) is 7.69. The molecule has 1 fully saturated rings. The molecule has 0 atom stereocenters. The van der Waals surface area contributed by atoms with Crippen molar-refractivity contribution in [2.24, 2.45) is 5.92 Å². The van der Waals surface area contributed by atoms with Crippen LogP contribution in [0.25, 0.3) is 11.1 Å². The lowest BCUT2D eigenvalue weighted by Gasteiger charge is -2.32. The number of aryl methyl sites for hydroxylation is 1. The van der Waals surface area contributed by atoms with Crippen LogP contribution in [0.15, 0.2) is 67.0 Å². The van der Waals surface area contributed by atoms with Gasteiger partial charge in [-0.1, -0.05) is 54.6 Å². The van der Waals surface area contributed by atoms with E-state index in [2.05, 4.69) is 45.9 Å². The molecule has 0 saturated carbocycles. The lowest BCUT2D eigenvalue weighted by molar-refractivity contribution is -0.131. The minimum atomic E-state index is 0.240.